The van der Waals surface area contributed by atoms with Gasteiger partial charge in [-0.1, -0.05) is 50.3 Å². The van der Waals surface area contributed by atoms with Crippen molar-refractivity contribution in [2.24, 2.45) is 16.2 Å². The van der Waals surface area contributed by atoms with E-state index in [0.29, 0.717) is 12.2 Å². The monoisotopic (exact) mass is 636 g/mol. The van der Waals surface area contributed by atoms with Crippen molar-refractivity contribution < 1.29 is 48.0 Å². The minimum Gasteiger partial charge on any atom is -0.481 e. The predicted molar refractivity (Wildman–Crippen MR) is 168 cm³/mol. The molecule has 0 aliphatic rings. The Balaban J connectivity index is 3.29. The SMILES string of the molecule is C=C(C)C(=O)OCCSCC(C)(CC(C)(CC(C)(C)C(=O)OCCC(=O)O)C(=O)OCc1ccccc1)C(=O)OCCCC. The molecule has 0 aliphatic carbocycles. The summed E-state index contributed by atoms with van der Waals surface area (Å²) >= 11 is 1.38. The second kappa shape index (κ2) is 18.5. The normalized spacial score (nSPS) is 14.0. The van der Waals surface area contributed by atoms with Gasteiger partial charge in [-0.25, -0.2) is 4.79 Å². The number of rotatable bonds is 21. The largest absolute Gasteiger partial charge is 0.481 e. The van der Waals surface area contributed by atoms with Crippen molar-refractivity contribution in [3.05, 3.63) is 48.0 Å². The van der Waals surface area contributed by atoms with Gasteiger partial charge in [0.25, 0.3) is 0 Å². The Bertz CT molecular complexity index is 1130. The van der Waals surface area contributed by atoms with Crippen LogP contribution in [-0.4, -0.2) is 66.3 Å². The van der Waals surface area contributed by atoms with Crippen LogP contribution in [0.4, 0.5) is 0 Å². The topological polar surface area (TPSA) is 143 Å². The number of carboxylic acid groups (broad SMARTS) is 1. The van der Waals surface area contributed by atoms with Crippen molar-refractivity contribution in [2.45, 2.75) is 80.3 Å². The van der Waals surface area contributed by atoms with E-state index < -0.39 is 46.1 Å². The summed E-state index contributed by atoms with van der Waals surface area (Å²) in [7, 11) is 0. The van der Waals surface area contributed by atoms with Crippen molar-refractivity contribution in [2.75, 3.05) is 31.3 Å². The Labute approximate surface area is 265 Å². The molecule has 0 radical (unpaired) electrons. The summed E-state index contributed by atoms with van der Waals surface area (Å²) in [5, 5.41) is 8.93. The van der Waals surface area contributed by atoms with Gasteiger partial charge in [-0.3, -0.25) is 19.2 Å². The van der Waals surface area contributed by atoms with Gasteiger partial charge < -0.3 is 24.1 Å². The highest BCUT2D eigenvalue weighted by Gasteiger charge is 2.50. The number of benzene rings is 1. The van der Waals surface area contributed by atoms with Crippen LogP contribution < -0.4 is 0 Å². The molecule has 44 heavy (non-hydrogen) atoms. The Kier molecular flexibility index (Phi) is 16.2. The molecule has 0 heterocycles. The molecule has 2 unspecified atom stereocenters. The van der Waals surface area contributed by atoms with Crippen LogP contribution in [0, 0.1) is 16.2 Å². The van der Waals surface area contributed by atoms with Crippen LogP contribution in [0.25, 0.3) is 0 Å². The Morgan fingerprint density at radius 3 is 2.02 bits per heavy atom. The molecule has 0 saturated carbocycles. The van der Waals surface area contributed by atoms with Crippen molar-refractivity contribution in [1.29, 1.82) is 0 Å². The number of carbonyl (C=O) groups is 5. The van der Waals surface area contributed by atoms with Crippen LogP contribution in [0.15, 0.2) is 42.5 Å². The molecule has 0 fully saturated rings. The molecule has 0 saturated heterocycles. The highest BCUT2D eigenvalue weighted by Crippen LogP contribution is 2.46. The van der Waals surface area contributed by atoms with Gasteiger partial charge in [-0.15, -0.1) is 0 Å². The first kappa shape index (κ1) is 38.7. The number of carbonyl (C=O) groups excluding carboxylic acids is 4. The lowest BCUT2D eigenvalue weighted by Crippen LogP contribution is -2.45. The average molecular weight is 637 g/mol. The summed E-state index contributed by atoms with van der Waals surface area (Å²) in [4.78, 5) is 63.1. The number of ether oxygens (including phenoxy) is 4. The average Bonchev–Trinajstić information content (AvgIpc) is 2.95. The first-order valence-corrected chi connectivity index (χ1v) is 15.9. The van der Waals surface area contributed by atoms with E-state index in [4.69, 9.17) is 24.1 Å². The lowest BCUT2D eigenvalue weighted by molar-refractivity contribution is -0.168. The number of unbranched alkanes of at least 4 members (excludes halogenated alkanes) is 1. The van der Waals surface area contributed by atoms with Crippen LogP contribution >= 0.6 is 11.8 Å². The van der Waals surface area contributed by atoms with Crippen LogP contribution in [-0.2, 0) is 49.5 Å². The quantitative estimate of drug-likeness (QED) is 0.0761. The molecule has 0 spiro atoms. The fourth-order valence-electron chi connectivity index (χ4n) is 4.72. The molecule has 246 valence electrons. The number of esters is 4. The zero-order valence-electron chi connectivity index (χ0n) is 26.9. The number of aliphatic carboxylic acids is 1. The summed E-state index contributed by atoms with van der Waals surface area (Å²) in [5.41, 5.74) is -2.70. The first-order valence-electron chi connectivity index (χ1n) is 14.7. The van der Waals surface area contributed by atoms with Gasteiger partial charge in [0.2, 0.25) is 0 Å². The fraction of sp³-hybridized carbons (Fsp3) is 0.606. The first-order chi connectivity index (χ1) is 20.6. The molecule has 1 rings (SSSR count). The minimum absolute atomic E-state index is 0.000746. The molecule has 10 nitrogen and oxygen atoms in total. The minimum atomic E-state index is -1.35. The summed E-state index contributed by atoms with van der Waals surface area (Å²) in [6.07, 6.45) is 1.10. The van der Waals surface area contributed by atoms with Crippen molar-refractivity contribution >= 4 is 41.6 Å². The number of thioether (sulfide) groups is 1. The number of carboxylic acids is 1. The van der Waals surface area contributed by atoms with Crippen LogP contribution in [0.2, 0.25) is 0 Å². The molecule has 1 aromatic rings. The fourth-order valence-corrected chi connectivity index (χ4v) is 5.73. The Morgan fingerprint density at radius 2 is 1.43 bits per heavy atom. The molecular weight excluding hydrogens is 588 g/mol. The van der Waals surface area contributed by atoms with Gasteiger partial charge in [-0.2, -0.15) is 11.8 Å². The lowest BCUT2D eigenvalue weighted by atomic mass is 9.66. The maximum Gasteiger partial charge on any atom is 0.333 e. The molecule has 11 heteroatoms. The van der Waals surface area contributed by atoms with E-state index in [1.165, 1.54) is 11.8 Å². The van der Waals surface area contributed by atoms with Crippen molar-refractivity contribution in [1.82, 2.24) is 0 Å². The van der Waals surface area contributed by atoms with E-state index in [0.717, 1.165) is 12.0 Å². The highest BCUT2D eigenvalue weighted by molar-refractivity contribution is 7.99. The van der Waals surface area contributed by atoms with Crippen LogP contribution in [0.5, 0.6) is 0 Å². The molecule has 2 atom stereocenters. The predicted octanol–water partition coefficient (Wildman–Crippen LogP) is 5.76. The number of hydrogen-bond donors (Lipinski definition) is 1. The second-order valence-electron chi connectivity index (χ2n) is 12.2. The van der Waals surface area contributed by atoms with Crippen molar-refractivity contribution in [3.8, 4) is 0 Å². The van der Waals surface area contributed by atoms with Gasteiger partial charge in [0, 0.05) is 17.1 Å². The summed E-state index contributed by atoms with van der Waals surface area (Å²) in [6, 6.07) is 9.14. The summed E-state index contributed by atoms with van der Waals surface area (Å²) in [5.74, 6) is -2.71. The summed E-state index contributed by atoms with van der Waals surface area (Å²) < 4.78 is 21.8. The van der Waals surface area contributed by atoms with E-state index in [2.05, 4.69) is 6.58 Å². The van der Waals surface area contributed by atoms with Crippen LogP contribution in [0.3, 0.4) is 0 Å². The van der Waals surface area contributed by atoms with E-state index in [-0.39, 0.29) is 57.0 Å². The smallest absolute Gasteiger partial charge is 0.333 e. The van der Waals surface area contributed by atoms with E-state index in [1.54, 1.807) is 34.6 Å². The zero-order valence-corrected chi connectivity index (χ0v) is 27.7. The molecule has 0 bridgehead atoms. The summed E-state index contributed by atoms with van der Waals surface area (Å²) in [6.45, 7) is 13.7. The Hall–Kier alpha value is -3.34. The maximum atomic E-state index is 13.8. The second-order valence-corrected chi connectivity index (χ2v) is 13.3. The van der Waals surface area contributed by atoms with E-state index >= 15 is 0 Å². The molecule has 1 N–H and O–H groups in total. The van der Waals surface area contributed by atoms with Crippen LogP contribution in [0.1, 0.15) is 79.2 Å². The van der Waals surface area contributed by atoms with Gasteiger partial charge in [0.15, 0.2) is 0 Å². The van der Waals surface area contributed by atoms with Gasteiger partial charge in [0.05, 0.1) is 29.3 Å². The maximum absolute atomic E-state index is 13.8. The van der Waals surface area contributed by atoms with E-state index in [1.807, 2.05) is 37.3 Å². The molecule has 1 aromatic carbocycles. The molecular formula is C33H48O10S. The molecule has 0 aliphatic heterocycles. The third-order valence-corrected chi connectivity index (χ3v) is 8.17. The lowest BCUT2D eigenvalue weighted by Gasteiger charge is -2.40. The van der Waals surface area contributed by atoms with Gasteiger partial charge >= 0.3 is 29.8 Å². The van der Waals surface area contributed by atoms with E-state index in [9.17, 15) is 24.0 Å². The van der Waals surface area contributed by atoms with Gasteiger partial charge in [-0.05, 0) is 59.4 Å². The highest BCUT2D eigenvalue weighted by atomic mass is 32.2. The number of hydrogen-bond acceptors (Lipinski definition) is 10. The Morgan fingerprint density at radius 1 is 0.818 bits per heavy atom. The standard InChI is InChI=1S/C33H48O10S/c1-8-9-16-41-30(39)33(7,23-44-19-18-40-27(36)24(2)3)22-32(6,29(38)43-20-25-13-11-10-12-14-25)21-31(4,5)28(37)42-17-15-26(34)35/h10-14H,2,8-9,15-23H2,1,3-7H3,(H,34,35). The third-order valence-electron chi connectivity index (χ3n) is 6.87. The van der Waals surface area contributed by atoms with Gasteiger partial charge in [0.1, 0.15) is 19.8 Å². The van der Waals surface area contributed by atoms with Crippen molar-refractivity contribution in [3.63, 3.8) is 0 Å². The third kappa shape index (κ3) is 13.5. The zero-order chi connectivity index (χ0) is 33.4. The molecule has 0 aromatic heterocycles. The molecule has 0 amide bonds.